The van der Waals surface area contributed by atoms with Crippen molar-refractivity contribution in [2.24, 2.45) is 11.3 Å². The number of ether oxygens (including phenoxy) is 2. The Morgan fingerprint density at radius 1 is 1.22 bits per heavy atom. The van der Waals surface area contributed by atoms with Gasteiger partial charge in [0.1, 0.15) is 0 Å². The van der Waals surface area contributed by atoms with E-state index in [4.69, 9.17) is 19.4 Å². The van der Waals surface area contributed by atoms with E-state index in [0.717, 1.165) is 76.6 Å². The second-order valence-corrected chi connectivity index (χ2v) is 13.6. The Labute approximate surface area is 269 Å². The van der Waals surface area contributed by atoms with Crippen LogP contribution in [0.5, 0.6) is 0 Å². The monoisotopic (exact) mass is 631 g/mol. The number of methoxy groups -OCH3 is 1. The Morgan fingerprint density at radius 3 is 2.76 bits per heavy atom. The summed E-state index contributed by atoms with van der Waals surface area (Å²) in [6, 6.07) is 10.6. The lowest BCUT2D eigenvalue weighted by molar-refractivity contribution is -0.139. The Hall–Kier alpha value is -3.60. The van der Waals surface area contributed by atoms with Crippen molar-refractivity contribution in [3.63, 3.8) is 0 Å². The highest BCUT2D eigenvalue weighted by Crippen LogP contribution is 2.41. The maximum absolute atomic E-state index is 13.0. The van der Waals surface area contributed by atoms with Crippen LogP contribution in [-0.4, -0.2) is 58.7 Å². The van der Waals surface area contributed by atoms with Gasteiger partial charge in [-0.05, 0) is 62.9 Å². The predicted octanol–water partition coefficient (Wildman–Crippen LogP) is 6.60. The highest BCUT2D eigenvalue weighted by Gasteiger charge is 2.29. The maximum atomic E-state index is 13.0. The zero-order valence-electron chi connectivity index (χ0n) is 27.3. The minimum absolute atomic E-state index is 0.129. The average Bonchev–Trinajstić information content (AvgIpc) is 3.65. The zero-order chi connectivity index (χ0) is 32.1. The van der Waals surface area contributed by atoms with Gasteiger partial charge in [0, 0.05) is 78.1 Å². The number of carbonyl (C=O) groups excluding carboxylic acids is 2. The number of amides is 1. The van der Waals surface area contributed by atoms with Gasteiger partial charge < -0.3 is 14.0 Å². The summed E-state index contributed by atoms with van der Waals surface area (Å²) in [6.07, 6.45) is 5.05. The number of nitrogens with zero attached hydrogens (tertiary/aromatic N) is 4. The molecule has 5 rings (SSSR count). The number of hydrazine groups is 1. The fourth-order valence-electron chi connectivity index (χ4n) is 6.27. The number of carbonyl (C=O) groups is 2. The molecular weight excluding hydrogens is 586 g/mol. The lowest BCUT2D eigenvalue weighted by Crippen LogP contribution is -2.49. The molecule has 2 unspecified atom stereocenters. The first-order chi connectivity index (χ1) is 21.7. The number of nitrogens with one attached hydrogen (secondary N) is 1. The van der Waals surface area contributed by atoms with E-state index in [9.17, 15) is 9.59 Å². The highest BCUT2D eigenvalue weighted by molar-refractivity contribution is 7.10. The Bertz CT molecular complexity index is 1640. The average molecular weight is 632 g/mol. The van der Waals surface area contributed by atoms with Crippen LogP contribution in [0.15, 0.2) is 41.9 Å². The summed E-state index contributed by atoms with van der Waals surface area (Å²) in [6.45, 7) is 13.6. The van der Waals surface area contributed by atoms with E-state index in [2.05, 4.69) is 60.4 Å². The van der Waals surface area contributed by atoms with Gasteiger partial charge in [0.25, 0.3) is 6.47 Å². The molecule has 9 nitrogen and oxygen atoms in total. The second-order valence-electron chi connectivity index (χ2n) is 12.7. The second kappa shape index (κ2) is 14.2. The Balaban J connectivity index is 1.56. The van der Waals surface area contributed by atoms with Crippen LogP contribution in [0.2, 0.25) is 0 Å². The predicted molar refractivity (Wildman–Crippen MR) is 179 cm³/mol. The van der Waals surface area contributed by atoms with Crippen LogP contribution in [0, 0.1) is 11.3 Å². The fourth-order valence-corrected chi connectivity index (χ4v) is 7.20. The molecule has 1 aliphatic rings. The van der Waals surface area contributed by atoms with E-state index in [1.165, 1.54) is 5.56 Å². The van der Waals surface area contributed by atoms with Gasteiger partial charge in [-0.3, -0.25) is 19.6 Å². The molecule has 1 N–H and O–H groups in total. The first kappa shape index (κ1) is 32.8. The molecule has 4 aromatic rings. The third-order valence-corrected chi connectivity index (χ3v) is 9.51. The van der Waals surface area contributed by atoms with E-state index in [1.807, 2.05) is 26.1 Å². The van der Waals surface area contributed by atoms with Crippen molar-refractivity contribution < 1.29 is 19.1 Å². The smallest absolute Gasteiger partial charge is 0.293 e. The molecule has 240 valence electrons. The number of aromatic nitrogens is 3. The molecule has 4 heterocycles. The third-order valence-electron chi connectivity index (χ3n) is 8.64. The van der Waals surface area contributed by atoms with Gasteiger partial charge in [-0.25, -0.2) is 10.4 Å². The van der Waals surface area contributed by atoms with E-state index < -0.39 is 0 Å². The van der Waals surface area contributed by atoms with Crippen molar-refractivity contribution >= 4 is 34.6 Å². The van der Waals surface area contributed by atoms with Gasteiger partial charge in [0.05, 0.1) is 34.8 Å². The number of hydrogen-bond donors (Lipinski definition) is 1. The Kier molecular flexibility index (Phi) is 10.4. The molecule has 0 saturated carbocycles. The van der Waals surface area contributed by atoms with Gasteiger partial charge >= 0.3 is 0 Å². The van der Waals surface area contributed by atoms with E-state index >= 15 is 0 Å². The van der Waals surface area contributed by atoms with E-state index in [0.29, 0.717) is 25.9 Å². The van der Waals surface area contributed by atoms with Gasteiger partial charge in [0.2, 0.25) is 5.91 Å². The van der Waals surface area contributed by atoms with Crippen molar-refractivity contribution in [2.45, 2.75) is 73.0 Å². The molecule has 1 saturated heterocycles. The zero-order valence-corrected chi connectivity index (χ0v) is 28.1. The summed E-state index contributed by atoms with van der Waals surface area (Å²) in [5.74, 6) is -0.0199. The summed E-state index contributed by atoms with van der Waals surface area (Å²) >= 11 is 1.60. The van der Waals surface area contributed by atoms with Crippen molar-refractivity contribution in [2.75, 3.05) is 26.8 Å². The van der Waals surface area contributed by atoms with Gasteiger partial charge in [-0.2, -0.15) is 0 Å². The summed E-state index contributed by atoms with van der Waals surface area (Å²) in [4.78, 5) is 33.9. The number of pyridine rings is 1. The van der Waals surface area contributed by atoms with Gasteiger partial charge in [-0.1, -0.05) is 26.8 Å². The van der Waals surface area contributed by atoms with Crippen LogP contribution in [0.3, 0.4) is 0 Å². The molecule has 0 radical (unpaired) electrons. The topological polar surface area (TPSA) is 98.6 Å². The minimum atomic E-state index is -0.312. The van der Waals surface area contributed by atoms with Crippen molar-refractivity contribution in [1.29, 1.82) is 0 Å². The molecule has 3 aromatic heterocycles. The van der Waals surface area contributed by atoms with Gasteiger partial charge in [-0.15, -0.1) is 11.3 Å². The highest BCUT2D eigenvalue weighted by atomic mass is 32.1. The van der Waals surface area contributed by atoms with Crippen LogP contribution in [0.1, 0.15) is 69.8 Å². The Morgan fingerprint density at radius 2 is 2.04 bits per heavy atom. The first-order valence-electron chi connectivity index (χ1n) is 15.9. The standard InChI is InChI=1S/C35H45N5O4S/c1-7-39-30-13-12-25(29-20-45-31(38-29)17-23(2)34(42)40-16-9-8-15-37-40)18-27(30)28(19-35(4,5)21-44-22-41)33(39)26-11-10-14-36-32(26)24(3)43-6/h10-14,18,20,22-24,37H,7-9,15-17,19,21H2,1-6H3. The quantitative estimate of drug-likeness (QED) is 0.166. The normalized spacial score (nSPS) is 15.3. The largest absolute Gasteiger partial charge is 0.467 e. The number of thiazole rings is 1. The fraction of sp³-hybridized carbons (Fsp3) is 0.486. The molecule has 0 spiro atoms. The van der Waals surface area contributed by atoms with Crippen LogP contribution >= 0.6 is 11.3 Å². The van der Waals surface area contributed by atoms with Crippen LogP contribution in [-0.2, 0) is 38.4 Å². The summed E-state index contributed by atoms with van der Waals surface area (Å²) < 4.78 is 13.3. The molecule has 0 bridgehead atoms. The summed E-state index contributed by atoms with van der Waals surface area (Å²) in [5, 5.41) is 5.95. The minimum Gasteiger partial charge on any atom is -0.467 e. The SMILES string of the molecule is CCn1c(-c2cccnc2C(C)OC)c(CC(C)(C)COC=O)c2cc(-c3csc(CC(C)C(=O)N4CCCCN4)n3)ccc21. The molecule has 1 aliphatic heterocycles. The number of benzene rings is 1. The third kappa shape index (κ3) is 7.13. The van der Waals surface area contributed by atoms with E-state index in [-0.39, 0.29) is 23.3 Å². The first-order valence-corrected chi connectivity index (χ1v) is 16.7. The number of rotatable bonds is 13. The summed E-state index contributed by atoms with van der Waals surface area (Å²) in [7, 11) is 1.70. The summed E-state index contributed by atoms with van der Waals surface area (Å²) in [5.41, 5.74) is 10.2. The van der Waals surface area contributed by atoms with Crippen LogP contribution in [0.4, 0.5) is 0 Å². The van der Waals surface area contributed by atoms with Crippen molar-refractivity contribution in [3.05, 3.63) is 58.2 Å². The van der Waals surface area contributed by atoms with E-state index in [1.54, 1.807) is 23.5 Å². The van der Waals surface area contributed by atoms with Crippen LogP contribution < -0.4 is 5.43 Å². The molecule has 45 heavy (non-hydrogen) atoms. The number of aryl methyl sites for hydroxylation is 1. The molecule has 1 amide bonds. The van der Waals surface area contributed by atoms with Crippen LogP contribution in [0.25, 0.3) is 33.4 Å². The lowest BCUT2D eigenvalue weighted by Gasteiger charge is -2.29. The van der Waals surface area contributed by atoms with Gasteiger partial charge in [0.15, 0.2) is 0 Å². The molecule has 0 aliphatic carbocycles. The molecule has 1 fully saturated rings. The lowest BCUT2D eigenvalue weighted by atomic mass is 9.84. The van der Waals surface area contributed by atoms with Crippen molar-refractivity contribution in [3.8, 4) is 22.5 Å². The number of hydrogen-bond acceptors (Lipinski definition) is 8. The molecule has 1 aromatic carbocycles. The molecule has 10 heteroatoms. The maximum Gasteiger partial charge on any atom is 0.293 e. The number of fused-ring (bicyclic) bond motifs is 1. The molecular formula is C35H45N5O4S. The molecule has 2 atom stereocenters. The van der Waals surface area contributed by atoms with Crippen molar-refractivity contribution in [1.82, 2.24) is 25.0 Å².